The summed E-state index contributed by atoms with van der Waals surface area (Å²) in [6, 6.07) is 0.398. The molecule has 0 saturated carbocycles. The lowest BCUT2D eigenvalue weighted by Crippen LogP contribution is -2.16. The van der Waals surface area contributed by atoms with E-state index in [1.54, 1.807) is 0 Å². The van der Waals surface area contributed by atoms with Crippen molar-refractivity contribution in [2.45, 2.75) is 25.6 Å². The van der Waals surface area contributed by atoms with Gasteiger partial charge in [0.05, 0.1) is 0 Å². The van der Waals surface area contributed by atoms with Crippen molar-refractivity contribution in [1.82, 2.24) is 5.32 Å². The molecule has 0 radical (unpaired) electrons. The van der Waals surface area contributed by atoms with E-state index in [1.807, 2.05) is 6.92 Å². The van der Waals surface area contributed by atoms with Gasteiger partial charge < -0.3 is 10.4 Å². The zero-order valence-electron chi connectivity index (χ0n) is 5.88. The van der Waals surface area contributed by atoms with Crippen LogP contribution in [0.5, 0.6) is 0 Å². The lowest BCUT2D eigenvalue weighted by Gasteiger charge is -1.94. The molecule has 1 saturated heterocycles. The average Bonchev–Trinajstić information content (AvgIpc) is 2.17. The van der Waals surface area contributed by atoms with Crippen molar-refractivity contribution in [3.63, 3.8) is 0 Å². The summed E-state index contributed by atoms with van der Waals surface area (Å²) in [5.74, 6) is 0. The van der Waals surface area contributed by atoms with Crippen LogP contribution in [-0.2, 0) is 4.79 Å². The monoisotopic (exact) mass is 149 g/mol. The molecule has 1 fully saturated rings. The van der Waals surface area contributed by atoms with E-state index in [9.17, 15) is 4.39 Å². The SMILES string of the molecule is CC1CC(F)CN1.O=CO. The summed E-state index contributed by atoms with van der Waals surface area (Å²) >= 11 is 0. The van der Waals surface area contributed by atoms with Gasteiger partial charge in [-0.05, 0) is 13.3 Å². The van der Waals surface area contributed by atoms with Crippen molar-refractivity contribution in [2.24, 2.45) is 0 Å². The molecule has 1 aliphatic rings. The van der Waals surface area contributed by atoms with Crippen LogP contribution in [0.3, 0.4) is 0 Å². The number of carbonyl (C=O) groups is 1. The Morgan fingerprint density at radius 3 is 2.40 bits per heavy atom. The number of hydrogen-bond acceptors (Lipinski definition) is 2. The van der Waals surface area contributed by atoms with Crippen molar-refractivity contribution in [3.8, 4) is 0 Å². The Kier molecular flexibility index (Phi) is 4.84. The second-order valence-electron chi connectivity index (χ2n) is 2.25. The highest BCUT2D eigenvalue weighted by atomic mass is 19.1. The molecular formula is C6H12FNO2. The van der Waals surface area contributed by atoms with Crippen LogP contribution in [0.4, 0.5) is 4.39 Å². The van der Waals surface area contributed by atoms with Crippen LogP contribution in [0.1, 0.15) is 13.3 Å². The molecule has 0 aromatic carbocycles. The molecule has 3 nitrogen and oxygen atoms in total. The maximum Gasteiger partial charge on any atom is 0.290 e. The van der Waals surface area contributed by atoms with Crippen LogP contribution in [0.15, 0.2) is 0 Å². The molecule has 0 aliphatic carbocycles. The van der Waals surface area contributed by atoms with E-state index in [0.29, 0.717) is 19.0 Å². The lowest BCUT2D eigenvalue weighted by atomic mass is 10.2. The highest BCUT2D eigenvalue weighted by molar-refractivity contribution is 5.32. The first-order valence-electron chi connectivity index (χ1n) is 3.16. The third kappa shape index (κ3) is 4.26. The van der Waals surface area contributed by atoms with Crippen molar-refractivity contribution < 1.29 is 14.3 Å². The summed E-state index contributed by atoms with van der Waals surface area (Å²) in [6.45, 7) is 2.31. The Labute approximate surface area is 59.2 Å². The number of carboxylic acid groups (broad SMARTS) is 1. The van der Waals surface area contributed by atoms with E-state index in [1.165, 1.54) is 0 Å². The Hall–Kier alpha value is -0.640. The van der Waals surface area contributed by atoms with Gasteiger partial charge in [0.2, 0.25) is 0 Å². The zero-order valence-corrected chi connectivity index (χ0v) is 5.88. The predicted octanol–water partition coefficient (Wildman–Crippen LogP) is 0.407. The second-order valence-corrected chi connectivity index (χ2v) is 2.25. The minimum atomic E-state index is -0.588. The van der Waals surface area contributed by atoms with Gasteiger partial charge in [0.1, 0.15) is 6.17 Å². The van der Waals surface area contributed by atoms with Gasteiger partial charge in [0.15, 0.2) is 0 Å². The fraction of sp³-hybridized carbons (Fsp3) is 0.833. The summed E-state index contributed by atoms with van der Waals surface area (Å²) in [7, 11) is 0. The highest BCUT2D eigenvalue weighted by Gasteiger charge is 2.18. The van der Waals surface area contributed by atoms with Crippen molar-refractivity contribution in [2.75, 3.05) is 6.54 Å². The lowest BCUT2D eigenvalue weighted by molar-refractivity contribution is -0.122. The van der Waals surface area contributed by atoms with Crippen LogP contribution in [0.2, 0.25) is 0 Å². The summed E-state index contributed by atoms with van der Waals surface area (Å²) < 4.78 is 12.1. The van der Waals surface area contributed by atoms with Gasteiger partial charge in [0, 0.05) is 12.6 Å². The van der Waals surface area contributed by atoms with E-state index in [4.69, 9.17) is 9.90 Å². The van der Waals surface area contributed by atoms with Gasteiger partial charge in [-0.2, -0.15) is 0 Å². The largest absolute Gasteiger partial charge is 0.483 e. The topological polar surface area (TPSA) is 49.3 Å². The van der Waals surface area contributed by atoms with Crippen LogP contribution >= 0.6 is 0 Å². The fourth-order valence-electron chi connectivity index (χ4n) is 0.879. The number of hydrogen-bond donors (Lipinski definition) is 2. The van der Waals surface area contributed by atoms with E-state index in [-0.39, 0.29) is 6.47 Å². The quantitative estimate of drug-likeness (QED) is 0.490. The average molecular weight is 149 g/mol. The number of alkyl halides is 1. The third-order valence-corrected chi connectivity index (χ3v) is 1.30. The van der Waals surface area contributed by atoms with Gasteiger partial charge in [-0.3, -0.25) is 4.79 Å². The van der Waals surface area contributed by atoms with Gasteiger partial charge >= 0.3 is 0 Å². The van der Waals surface area contributed by atoms with Crippen molar-refractivity contribution in [1.29, 1.82) is 0 Å². The van der Waals surface area contributed by atoms with E-state index >= 15 is 0 Å². The fourth-order valence-corrected chi connectivity index (χ4v) is 0.879. The molecule has 60 valence electrons. The van der Waals surface area contributed by atoms with E-state index in [0.717, 1.165) is 0 Å². The Balaban J connectivity index is 0.000000236. The third-order valence-electron chi connectivity index (χ3n) is 1.30. The molecule has 1 aliphatic heterocycles. The van der Waals surface area contributed by atoms with Crippen LogP contribution in [0.25, 0.3) is 0 Å². The number of nitrogens with one attached hydrogen (secondary N) is 1. The first kappa shape index (κ1) is 9.36. The van der Waals surface area contributed by atoms with E-state index < -0.39 is 6.17 Å². The van der Waals surface area contributed by atoms with Crippen LogP contribution in [0, 0.1) is 0 Å². The molecule has 1 heterocycles. The van der Waals surface area contributed by atoms with Crippen molar-refractivity contribution in [3.05, 3.63) is 0 Å². The van der Waals surface area contributed by atoms with Gasteiger partial charge in [-0.15, -0.1) is 0 Å². The molecule has 0 aromatic heterocycles. The highest BCUT2D eigenvalue weighted by Crippen LogP contribution is 2.07. The van der Waals surface area contributed by atoms with Crippen LogP contribution in [-0.4, -0.2) is 30.3 Å². The molecule has 0 amide bonds. The summed E-state index contributed by atoms with van der Waals surface area (Å²) in [5.41, 5.74) is 0. The molecule has 0 spiro atoms. The Morgan fingerprint density at radius 1 is 1.80 bits per heavy atom. The standard InChI is InChI=1S/C5H10FN.CH2O2/c1-4-2-5(6)3-7-4;2-1-3/h4-5,7H,2-3H2,1H3;1H,(H,2,3). The molecular weight excluding hydrogens is 137 g/mol. The van der Waals surface area contributed by atoms with Gasteiger partial charge in [-0.25, -0.2) is 4.39 Å². The molecule has 0 bridgehead atoms. The summed E-state index contributed by atoms with van der Waals surface area (Å²) in [4.78, 5) is 8.36. The predicted molar refractivity (Wildman–Crippen MR) is 35.7 cm³/mol. The maximum absolute atomic E-state index is 12.1. The minimum Gasteiger partial charge on any atom is -0.483 e. The summed E-state index contributed by atoms with van der Waals surface area (Å²) in [5, 5.41) is 9.88. The van der Waals surface area contributed by atoms with Crippen LogP contribution < -0.4 is 5.32 Å². The smallest absolute Gasteiger partial charge is 0.290 e. The molecule has 0 aromatic rings. The van der Waals surface area contributed by atoms with Gasteiger partial charge in [0.25, 0.3) is 6.47 Å². The van der Waals surface area contributed by atoms with Gasteiger partial charge in [-0.1, -0.05) is 0 Å². The zero-order chi connectivity index (χ0) is 7.98. The first-order valence-corrected chi connectivity index (χ1v) is 3.16. The molecule has 10 heavy (non-hydrogen) atoms. The normalized spacial score (nSPS) is 30.6. The minimum absolute atomic E-state index is 0.250. The first-order chi connectivity index (χ1) is 4.70. The molecule has 1 rings (SSSR count). The Morgan fingerprint density at radius 2 is 2.30 bits per heavy atom. The number of halogens is 1. The van der Waals surface area contributed by atoms with E-state index in [2.05, 4.69) is 5.32 Å². The summed E-state index contributed by atoms with van der Waals surface area (Å²) in [6.07, 6.45) is 0.106. The number of rotatable bonds is 0. The molecule has 2 atom stereocenters. The van der Waals surface area contributed by atoms with Crippen molar-refractivity contribution >= 4 is 6.47 Å². The second kappa shape index (κ2) is 5.17. The molecule has 2 N–H and O–H groups in total. The molecule has 4 heteroatoms. The molecule has 2 unspecified atom stereocenters. The Bertz CT molecular complexity index is 91.7. The maximum atomic E-state index is 12.1.